The zero-order chi connectivity index (χ0) is 24.9. The summed E-state index contributed by atoms with van der Waals surface area (Å²) >= 11 is 0. The summed E-state index contributed by atoms with van der Waals surface area (Å²) in [5.41, 5.74) is 4.31. The normalized spacial score (nSPS) is 11.9. The van der Waals surface area contributed by atoms with Gasteiger partial charge < -0.3 is 14.7 Å². The molecule has 0 fully saturated rings. The number of carboxylic acid groups (broad SMARTS) is 1. The van der Waals surface area contributed by atoms with E-state index in [1.165, 1.54) is 6.07 Å². The predicted molar refractivity (Wildman–Crippen MR) is 129 cm³/mol. The first kappa shape index (κ1) is 23.9. The molecule has 0 bridgehead atoms. The molecule has 180 valence electrons. The number of nitrogens with zero attached hydrogens (tertiary/aromatic N) is 1. The lowest BCUT2D eigenvalue weighted by Crippen LogP contribution is -2.36. The maximum absolute atomic E-state index is 14.2. The lowest BCUT2D eigenvalue weighted by molar-refractivity contribution is -0.137. The van der Waals surface area contributed by atoms with Crippen LogP contribution in [0.2, 0.25) is 0 Å². The Hall–Kier alpha value is -4.20. The second-order valence-corrected chi connectivity index (χ2v) is 8.30. The summed E-state index contributed by atoms with van der Waals surface area (Å²) in [7, 11) is 0. The molecule has 0 atom stereocenters. The van der Waals surface area contributed by atoms with Gasteiger partial charge in [0.1, 0.15) is 19.0 Å². The maximum Gasteiger partial charge on any atom is 0.411 e. The van der Waals surface area contributed by atoms with Crippen LogP contribution in [0.3, 0.4) is 0 Å². The number of amides is 2. The lowest BCUT2D eigenvalue weighted by atomic mass is 9.98. The number of aliphatic carboxylic acids is 1. The highest BCUT2D eigenvalue weighted by molar-refractivity contribution is 5.97. The number of halogens is 1. The Kier molecular flexibility index (Phi) is 7.10. The highest BCUT2D eigenvalue weighted by atomic mass is 19.1. The van der Waals surface area contributed by atoms with Gasteiger partial charge in [-0.25, -0.2) is 9.18 Å². The second-order valence-electron chi connectivity index (χ2n) is 8.30. The molecule has 2 N–H and O–H groups in total. The van der Waals surface area contributed by atoms with Crippen LogP contribution in [0.4, 0.5) is 14.9 Å². The van der Waals surface area contributed by atoms with E-state index in [9.17, 15) is 18.8 Å². The zero-order valence-corrected chi connectivity index (χ0v) is 19.2. The molecule has 0 aliphatic heterocycles. The van der Waals surface area contributed by atoms with E-state index >= 15 is 0 Å². The van der Waals surface area contributed by atoms with E-state index in [1.807, 2.05) is 48.5 Å². The molecule has 35 heavy (non-hydrogen) atoms. The second kappa shape index (κ2) is 10.4. The Bertz CT molecular complexity index is 1230. The van der Waals surface area contributed by atoms with Gasteiger partial charge in [0.15, 0.2) is 0 Å². The molecule has 1 aliphatic carbocycles. The van der Waals surface area contributed by atoms with Gasteiger partial charge >= 0.3 is 12.1 Å². The van der Waals surface area contributed by atoms with Gasteiger partial charge in [-0.05, 0) is 46.9 Å². The first-order valence-corrected chi connectivity index (χ1v) is 11.3. The fourth-order valence-corrected chi connectivity index (χ4v) is 4.41. The highest BCUT2D eigenvalue weighted by Crippen LogP contribution is 2.44. The molecule has 0 heterocycles. The van der Waals surface area contributed by atoms with Gasteiger partial charge in [-0.1, -0.05) is 55.5 Å². The van der Waals surface area contributed by atoms with E-state index in [0.717, 1.165) is 39.3 Å². The van der Waals surface area contributed by atoms with Gasteiger partial charge in [0.25, 0.3) is 5.91 Å². The molecule has 2 amide bonds. The number of fused-ring (bicyclic) bond motifs is 3. The van der Waals surface area contributed by atoms with Gasteiger partial charge in [0.05, 0.1) is 0 Å². The molecule has 0 saturated heterocycles. The van der Waals surface area contributed by atoms with Gasteiger partial charge in [-0.15, -0.1) is 0 Å². The number of anilines is 1. The van der Waals surface area contributed by atoms with E-state index in [-0.39, 0.29) is 30.3 Å². The Morgan fingerprint density at radius 2 is 1.63 bits per heavy atom. The van der Waals surface area contributed by atoms with Crippen LogP contribution in [-0.4, -0.2) is 47.7 Å². The first-order chi connectivity index (χ1) is 16.9. The smallest absolute Gasteiger partial charge is 0.411 e. The fraction of sp³-hybridized carbons (Fsp3) is 0.222. The monoisotopic (exact) mass is 476 g/mol. The van der Waals surface area contributed by atoms with Gasteiger partial charge in [-0.3, -0.25) is 14.9 Å². The summed E-state index contributed by atoms with van der Waals surface area (Å²) in [4.78, 5) is 37.5. The Balaban J connectivity index is 1.46. The van der Waals surface area contributed by atoms with Crippen LogP contribution in [0.25, 0.3) is 11.1 Å². The summed E-state index contributed by atoms with van der Waals surface area (Å²) in [6.45, 7) is 1.59. The quantitative estimate of drug-likeness (QED) is 0.470. The largest absolute Gasteiger partial charge is 0.480 e. The number of carbonyl (C=O) groups is 3. The number of carbonyl (C=O) groups excluding carboxylic acids is 2. The molecule has 0 spiro atoms. The van der Waals surface area contributed by atoms with Gasteiger partial charge in [0.2, 0.25) is 0 Å². The van der Waals surface area contributed by atoms with Crippen molar-refractivity contribution >= 4 is 23.7 Å². The number of benzene rings is 3. The van der Waals surface area contributed by atoms with Crippen molar-refractivity contribution in [2.45, 2.75) is 19.3 Å². The summed E-state index contributed by atoms with van der Waals surface area (Å²) < 4.78 is 19.7. The first-order valence-electron chi connectivity index (χ1n) is 11.3. The van der Waals surface area contributed by atoms with E-state index in [2.05, 4.69) is 5.32 Å². The summed E-state index contributed by atoms with van der Waals surface area (Å²) in [5.74, 6) is -2.67. The summed E-state index contributed by atoms with van der Waals surface area (Å²) in [5, 5.41) is 11.5. The lowest BCUT2D eigenvalue weighted by Gasteiger charge is -2.20. The molecular formula is C27H25FN2O5. The van der Waals surface area contributed by atoms with E-state index < -0.39 is 30.3 Å². The molecule has 8 heteroatoms. The van der Waals surface area contributed by atoms with Crippen molar-refractivity contribution in [2.24, 2.45) is 0 Å². The minimum atomic E-state index is -1.17. The van der Waals surface area contributed by atoms with Crippen LogP contribution >= 0.6 is 0 Å². The molecule has 3 aromatic carbocycles. The molecule has 0 aromatic heterocycles. The minimum absolute atomic E-state index is 0.0392. The summed E-state index contributed by atoms with van der Waals surface area (Å²) in [6, 6.07) is 19.3. The van der Waals surface area contributed by atoms with E-state index in [0.29, 0.717) is 6.42 Å². The zero-order valence-electron chi connectivity index (χ0n) is 19.2. The van der Waals surface area contributed by atoms with Gasteiger partial charge in [0, 0.05) is 23.7 Å². The Morgan fingerprint density at radius 1 is 1.00 bits per heavy atom. The standard InChI is InChI=1S/C27H25FN2O5/c1-2-11-30(15-25(31)32)26(33)17-12-18(28)14-19(13-17)29-27(34)35-16-24-22-9-5-3-7-20(22)21-8-4-6-10-23(21)24/h3-10,12-14,24H,2,11,15-16H2,1H3,(H,29,34)(H,31,32). The topological polar surface area (TPSA) is 95.9 Å². The van der Waals surface area contributed by atoms with Crippen LogP contribution in [-0.2, 0) is 9.53 Å². The number of rotatable bonds is 8. The molecule has 4 rings (SSSR count). The molecule has 3 aromatic rings. The minimum Gasteiger partial charge on any atom is -0.480 e. The fourth-order valence-electron chi connectivity index (χ4n) is 4.41. The number of nitrogens with one attached hydrogen (secondary N) is 1. The van der Waals surface area contributed by atoms with Crippen molar-refractivity contribution in [3.8, 4) is 11.1 Å². The molecule has 0 radical (unpaired) electrons. The van der Waals surface area contributed by atoms with Crippen LogP contribution in [0.1, 0.15) is 40.7 Å². The number of ether oxygens (including phenoxy) is 1. The van der Waals surface area contributed by atoms with Gasteiger partial charge in [-0.2, -0.15) is 0 Å². The van der Waals surface area contributed by atoms with Crippen molar-refractivity contribution in [3.63, 3.8) is 0 Å². The molecule has 7 nitrogen and oxygen atoms in total. The maximum atomic E-state index is 14.2. The van der Waals surface area contributed by atoms with Crippen molar-refractivity contribution < 1.29 is 28.6 Å². The third kappa shape index (κ3) is 5.32. The van der Waals surface area contributed by atoms with Crippen LogP contribution in [0.15, 0.2) is 66.7 Å². The van der Waals surface area contributed by atoms with Crippen LogP contribution in [0, 0.1) is 5.82 Å². The van der Waals surface area contributed by atoms with Crippen molar-refractivity contribution in [1.29, 1.82) is 0 Å². The predicted octanol–water partition coefficient (Wildman–Crippen LogP) is 5.12. The molecule has 1 aliphatic rings. The third-order valence-electron chi connectivity index (χ3n) is 5.84. The number of carboxylic acids is 1. The summed E-state index contributed by atoms with van der Waals surface area (Å²) in [6.07, 6.45) is -0.244. The molecule has 0 saturated carbocycles. The third-order valence-corrected chi connectivity index (χ3v) is 5.84. The average Bonchev–Trinajstić information content (AvgIpc) is 3.15. The number of hydrogen-bond acceptors (Lipinski definition) is 4. The average molecular weight is 477 g/mol. The van der Waals surface area contributed by atoms with Crippen molar-refractivity contribution in [1.82, 2.24) is 4.90 Å². The van der Waals surface area contributed by atoms with Crippen LogP contribution < -0.4 is 5.32 Å². The van der Waals surface area contributed by atoms with Crippen LogP contribution in [0.5, 0.6) is 0 Å². The Labute approximate surface area is 202 Å². The van der Waals surface area contributed by atoms with E-state index in [1.54, 1.807) is 6.92 Å². The molecule has 0 unspecified atom stereocenters. The van der Waals surface area contributed by atoms with Crippen molar-refractivity contribution in [3.05, 3.63) is 89.2 Å². The highest BCUT2D eigenvalue weighted by Gasteiger charge is 2.29. The number of hydrogen-bond donors (Lipinski definition) is 2. The Morgan fingerprint density at radius 3 is 2.23 bits per heavy atom. The SMILES string of the molecule is CCCN(CC(=O)O)C(=O)c1cc(F)cc(NC(=O)OCC2c3ccccc3-c3ccccc32)c1. The van der Waals surface area contributed by atoms with E-state index in [4.69, 9.17) is 9.84 Å². The van der Waals surface area contributed by atoms with Crippen molar-refractivity contribution in [2.75, 3.05) is 25.0 Å². The molecular weight excluding hydrogens is 451 g/mol.